The Morgan fingerprint density at radius 1 is 1.27 bits per heavy atom. The van der Waals surface area contributed by atoms with Crippen LogP contribution in [0.25, 0.3) is 0 Å². The van der Waals surface area contributed by atoms with Crippen LogP contribution in [0.2, 0.25) is 5.02 Å². The largest absolute Gasteiger partial charge is 0.465 e. The van der Waals surface area contributed by atoms with E-state index in [-0.39, 0.29) is 28.9 Å². The molecule has 0 aliphatic carbocycles. The summed E-state index contributed by atoms with van der Waals surface area (Å²) in [5.74, 6) is -1.17. The summed E-state index contributed by atoms with van der Waals surface area (Å²) >= 11 is 6.01. The van der Waals surface area contributed by atoms with Crippen molar-refractivity contribution >= 4 is 39.0 Å². The Morgan fingerprint density at radius 3 is 2.50 bits per heavy atom. The van der Waals surface area contributed by atoms with Gasteiger partial charge in [-0.15, -0.1) is 0 Å². The molecule has 1 aromatic rings. The smallest absolute Gasteiger partial charge is 0.337 e. The molecular weight excluding hydrogens is 330 g/mol. The van der Waals surface area contributed by atoms with Crippen LogP contribution in [-0.2, 0) is 19.4 Å². The van der Waals surface area contributed by atoms with Gasteiger partial charge in [0, 0.05) is 5.92 Å². The average molecular weight is 346 g/mol. The van der Waals surface area contributed by atoms with Gasteiger partial charge in [-0.3, -0.25) is 4.79 Å². The van der Waals surface area contributed by atoms with E-state index in [2.05, 4.69) is 10.1 Å². The third-order valence-corrected chi connectivity index (χ3v) is 5.62. The van der Waals surface area contributed by atoms with Gasteiger partial charge in [-0.05, 0) is 31.0 Å². The average Bonchev–Trinajstić information content (AvgIpc) is 2.48. The van der Waals surface area contributed by atoms with Crippen LogP contribution in [-0.4, -0.2) is 38.9 Å². The predicted octanol–water partition coefficient (Wildman–Crippen LogP) is 1.89. The summed E-state index contributed by atoms with van der Waals surface area (Å²) < 4.78 is 27.4. The van der Waals surface area contributed by atoms with Gasteiger partial charge in [0.15, 0.2) is 0 Å². The maximum absolute atomic E-state index is 12.2. The van der Waals surface area contributed by atoms with E-state index in [1.54, 1.807) is 0 Å². The summed E-state index contributed by atoms with van der Waals surface area (Å²) in [6.45, 7) is 0. The molecule has 22 heavy (non-hydrogen) atoms. The number of hydrogen-bond acceptors (Lipinski definition) is 5. The number of nitrogens with one attached hydrogen (secondary N) is 1. The van der Waals surface area contributed by atoms with Gasteiger partial charge in [0.2, 0.25) is 5.91 Å². The summed E-state index contributed by atoms with van der Waals surface area (Å²) in [5.41, 5.74) is 0.580. The van der Waals surface area contributed by atoms with Crippen LogP contribution >= 0.6 is 11.6 Å². The van der Waals surface area contributed by atoms with Gasteiger partial charge in [-0.25, -0.2) is 13.2 Å². The Kier molecular flexibility index (Phi) is 5.08. The zero-order chi connectivity index (χ0) is 16.3. The van der Waals surface area contributed by atoms with Crippen LogP contribution in [0.1, 0.15) is 23.2 Å². The molecular formula is C14H16ClNO5S. The minimum Gasteiger partial charge on any atom is -0.465 e. The highest BCUT2D eigenvalue weighted by atomic mass is 35.5. The van der Waals surface area contributed by atoms with E-state index in [1.807, 2.05) is 0 Å². The molecule has 0 atom stereocenters. The summed E-state index contributed by atoms with van der Waals surface area (Å²) in [6, 6.07) is 4.43. The van der Waals surface area contributed by atoms with Crippen LogP contribution in [0.3, 0.4) is 0 Å². The monoisotopic (exact) mass is 345 g/mol. The molecule has 1 aliphatic rings. The Morgan fingerprint density at radius 2 is 1.91 bits per heavy atom. The number of esters is 1. The lowest BCUT2D eigenvalue weighted by Gasteiger charge is -2.21. The molecule has 1 heterocycles. The second-order valence-electron chi connectivity index (χ2n) is 5.10. The number of carbonyl (C=O) groups is 2. The first-order valence-electron chi connectivity index (χ1n) is 6.71. The maximum atomic E-state index is 12.2. The van der Waals surface area contributed by atoms with E-state index in [9.17, 15) is 18.0 Å². The number of rotatable bonds is 3. The van der Waals surface area contributed by atoms with Crippen molar-refractivity contribution in [3.05, 3.63) is 28.8 Å². The van der Waals surface area contributed by atoms with Gasteiger partial charge in [-0.1, -0.05) is 11.6 Å². The number of halogens is 1. The van der Waals surface area contributed by atoms with Crippen molar-refractivity contribution in [3.63, 3.8) is 0 Å². The van der Waals surface area contributed by atoms with Crippen molar-refractivity contribution in [2.24, 2.45) is 5.92 Å². The molecule has 0 unspecified atom stereocenters. The van der Waals surface area contributed by atoms with E-state index < -0.39 is 15.8 Å². The van der Waals surface area contributed by atoms with Crippen LogP contribution in [0.15, 0.2) is 18.2 Å². The molecule has 0 saturated carbocycles. The van der Waals surface area contributed by atoms with E-state index >= 15 is 0 Å². The van der Waals surface area contributed by atoms with Crippen molar-refractivity contribution < 1.29 is 22.7 Å². The maximum Gasteiger partial charge on any atom is 0.337 e. The Bertz CT molecular complexity index is 687. The van der Waals surface area contributed by atoms with Crippen molar-refractivity contribution in [2.75, 3.05) is 23.9 Å². The summed E-state index contributed by atoms with van der Waals surface area (Å²) in [4.78, 5) is 23.7. The highest BCUT2D eigenvalue weighted by molar-refractivity contribution is 7.91. The Hall–Kier alpha value is -1.60. The molecule has 2 rings (SSSR count). The molecule has 0 bridgehead atoms. The Labute approximate surface area is 133 Å². The summed E-state index contributed by atoms with van der Waals surface area (Å²) in [7, 11) is -1.76. The number of sulfone groups is 1. The molecule has 1 amide bonds. The standard InChI is InChI=1S/C14H16ClNO5S/c1-21-14(18)10-2-3-11(15)12(8-10)16-13(17)9-4-6-22(19,20)7-5-9/h2-3,8-9H,4-7H2,1H3,(H,16,17). The van der Waals surface area contributed by atoms with Crippen molar-refractivity contribution in [2.45, 2.75) is 12.8 Å². The third-order valence-electron chi connectivity index (χ3n) is 3.57. The highest BCUT2D eigenvalue weighted by Gasteiger charge is 2.28. The molecule has 8 heteroatoms. The molecule has 120 valence electrons. The number of anilines is 1. The normalized spacial score (nSPS) is 17.7. The lowest BCUT2D eigenvalue weighted by atomic mass is 10.0. The van der Waals surface area contributed by atoms with Gasteiger partial charge in [0.25, 0.3) is 0 Å². The number of benzene rings is 1. The number of ether oxygens (including phenoxy) is 1. The number of amides is 1. The molecule has 1 saturated heterocycles. The quantitative estimate of drug-likeness (QED) is 0.845. The SMILES string of the molecule is COC(=O)c1ccc(Cl)c(NC(=O)C2CCS(=O)(=O)CC2)c1. The van der Waals surface area contributed by atoms with Gasteiger partial charge >= 0.3 is 5.97 Å². The van der Waals surface area contributed by atoms with E-state index in [0.717, 1.165) is 0 Å². The van der Waals surface area contributed by atoms with Crippen LogP contribution in [0.5, 0.6) is 0 Å². The van der Waals surface area contributed by atoms with E-state index in [4.69, 9.17) is 11.6 Å². The number of hydrogen-bond donors (Lipinski definition) is 1. The van der Waals surface area contributed by atoms with E-state index in [1.165, 1.54) is 25.3 Å². The molecule has 0 spiro atoms. The molecule has 1 fully saturated rings. The lowest BCUT2D eigenvalue weighted by molar-refractivity contribution is -0.120. The van der Waals surface area contributed by atoms with Gasteiger partial charge in [-0.2, -0.15) is 0 Å². The summed E-state index contributed by atoms with van der Waals surface area (Å²) in [5, 5.41) is 2.95. The topological polar surface area (TPSA) is 89.5 Å². The number of methoxy groups -OCH3 is 1. The first-order chi connectivity index (χ1) is 10.3. The molecule has 1 N–H and O–H groups in total. The van der Waals surface area contributed by atoms with Crippen molar-refractivity contribution in [1.82, 2.24) is 0 Å². The highest BCUT2D eigenvalue weighted by Crippen LogP contribution is 2.26. The van der Waals surface area contributed by atoms with E-state index in [0.29, 0.717) is 23.6 Å². The van der Waals surface area contributed by atoms with Crippen molar-refractivity contribution in [1.29, 1.82) is 0 Å². The minimum atomic E-state index is -3.02. The fourth-order valence-corrected chi connectivity index (χ4v) is 3.91. The van der Waals surface area contributed by atoms with Crippen LogP contribution in [0, 0.1) is 5.92 Å². The van der Waals surface area contributed by atoms with Crippen LogP contribution in [0.4, 0.5) is 5.69 Å². The minimum absolute atomic E-state index is 0.0149. The number of carbonyl (C=O) groups excluding carboxylic acids is 2. The first kappa shape index (κ1) is 16.8. The van der Waals surface area contributed by atoms with Gasteiger partial charge < -0.3 is 10.1 Å². The molecule has 1 aliphatic heterocycles. The summed E-state index contributed by atoms with van der Waals surface area (Å²) in [6.07, 6.45) is 0.588. The third kappa shape index (κ3) is 3.98. The van der Waals surface area contributed by atoms with Gasteiger partial charge in [0.1, 0.15) is 9.84 Å². The van der Waals surface area contributed by atoms with Gasteiger partial charge in [0.05, 0.1) is 34.9 Å². The Balaban J connectivity index is 2.10. The second-order valence-corrected chi connectivity index (χ2v) is 7.81. The fourth-order valence-electron chi connectivity index (χ4n) is 2.25. The molecule has 0 radical (unpaired) electrons. The zero-order valence-electron chi connectivity index (χ0n) is 12.0. The fraction of sp³-hybridized carbons (Fsp3) is 0.429. The zero-order valence-corrected chi connectivity index (χ0v) is 13.5. The first-order valence-corrected chi connectivity index (χ1v) is 8.91. The second kappa shape index (κ2) is 6.66. The molecule has 6 nitrogen and oxygen atoms in total. The van der Waals surface area contributed by atoms with Crippen LogP contribution < -0.4 is 5.32 Å². The predicted molar refractivity (Wildman–Crippen MR) is 82.8 cm³/mol. The molecule has 0 aromatic heterocycles. The van der Waals surface area contributed by atoms with Crippen molar-refractivity contribution in [3.8, 4) is 0 Å². The lowest BCUT2D eigenvalue weighted by Crippen LogP contribution is -2.32. The molecule has 1 aromatic carbocycles.